The van der Waals surface area contributed by atoms with Gasteiger partial charge in [-0.2, -0.15) is 5.10 Å². The Morgan fingerprint density at radius 1 is 1.14 bits per heavy atom. The van der Waals surface area contributed by atoms with Gasteiger partial charge in [0.1, 0.15) is 5.82 Å². The number of carbonyl (C=O) groups is 1. The number of carbonyl (C=O) groups excluding carboxylic acids is 1. The summed E-state index contributed by atoms with van der Waals surface area (Å²) in [7, 11) is 0. The summed E-state index contributed by atoms with van der Waals surface area (Å²) >= 11 is 1.41. The Hall–Kier alpha value is -2.61. The van der Waals surface area contributed by atoms with Crippen LogP contribution in [0, 0.1) is 0 Å². The van der Waals surface area contributed by atoms with Crippen molar-refractivity contribution in [2.75, 3.05) is 5.32 Å². The zero-order chi connectivity index (χ0) is 20.1. The molecule has 0 aliphatic carbocycles. The summed E-state index contributed by atoms with van der Waals surface area (Å²) < 4.78 is 3.88. The zero-order valence-corrected chi connectivity index (χ0v) is 17.5. The van der Waals surface area contributed by atoms with Crippen LogP contribution < -0.4 is 5.32 Å². The molecule has 28 heavy (non-hydrogen) atoms. The van der Waals surface area contributed by atoms with Crippen LogP contribution in [0.1, 0.15) is 40.2 Å². The van der Waals surface area contributed by atoms with Gasteiger partial charge in [-0.15, -0.1) is 10.2 Å². The molecule has 0 spiro atoms. The number of rotatable bonds is 8. The Morgan fingerprint density at radius 2 is 1.89 bits per heavy atom. The van der Waals surface area contributed by atoms with E-state index in [1.54, 1.807) is 6.20 Å². The lowest BCUT2D eigenvalue weighted by Gasteiger charge is -2.16. The maximum Gasteiger partial charge on any atom is 0.238 e. The van der Waals surface area contributed by atoms with Gasteiger partial charge in [0, 0.05) is 18.2 Å². The Morgan fingerprint density at radius 3 is 2.57 bits per heavy atom. The fourth-order valence-corrected chi connectivity index (χ4v) is 3.75. The summed E-state index contributed by atoms with van der Waals surface area (Å²) in [6.07, 6.45) is 2.65. The number of amides is 1. The van der Waals surface area contributed by atoms with Crippen molar-refractivity contribution in [3.63, 3.8) is 0 Å². The highest BCUT2D eigenvalue weighted by Gasteiger charge is 2.21. The summed E-state index contributed by atoms with van der Waals surface area (Å²) in [5.74, 6) is 1.45. The van der Waals surface area contributed by atoms with Gasteiger partial charge in [-0.3, -0.25) is 4.79 Å². The fraction of sp³-hybridized carbons (Fsp3) is 0.400. The molecule has 148 valence electrons. The number of nitrogens with zero attached hydrogens (tertiary/aromatic N) is 5. The van der Waals surface area contributed by atoms with Crippen LogP contribution in [-0.2, 0) is 11.3 Å². The molecule has 8 heteroatoms. The van der Waals surface area contributed by atoms with Crippen LogP contribution in [0.5, 0.6) is 0 Å². The van der Waals surface area contributed by atoms with Crippen molar-refractivity contribution in [3.8, 4) is 11.4 Å². The first-order valence-electron chi connectivity index (χ1n) is 9.54. The van der Waals surface area contributed by atoms with Gasteiger partial charge >= 0.3 is 0 Å². The van der Waals surface area contributed by atoms with E-state index < -0.39 is 0 Å². The van der Waals surface area contributed by atoms with Crippen molar-refractivity contribution in [1.82, 2.24) is 24.5 Å². The fourth-order valence-electron chi connectivity index (χ4n) is 2.84. The van der Waals surface area contributed by atoms with Gasteiger partial charge in [-0.05, 0) is 27.2 Å². The predicted octanol–water partition coefficient (Wildman–Crippen LogP) is 4.25. The minimum absolute atomic E-state index is 0.0815. The van der Waals surface area contributed by atoms with Crippen LogP contribution in [0.25, 0.3) is 11.4 Å². The lowest BCUT2D eigenvalue weighted by atomic mass is 10.2. The summed E-state index contributed by atoms with van der Waals surface area (Å²) in [6.45, 7) is 8.83. The highest BCUT2D eigenvalue weighted by molar-refractivity contribution is 8.00. The second kappa shape index (κ2) is 9.05. The molecule has 0 saturated heterocycles. The average molecular weight is 399 g/mol. The Balaban J connectivity index is 1.73. The largest absolute Gasteiger partial charge is 0.310 e. The first kappa shape index (κ1) is 20.1. The van der Waals surface area contributed by atoms with Crippen LogP contribution in [0.4, 0.5) is 5.82 Å². The topological polar surface area (TPSA) is 77.6 Å². The summed E-state index contributed by atoms with van der Waals surface area (Å²) in [5, 5.41) is 16.4. The summed E-state index contributed by atoms with van der Waals surface area (Å²) in [4.78, 5) is 12.7. The van der Waals surface area contributed by atoms with E-state index in [0.717, 1.165) is 29.5 Å². The zero-order valence-electron chi connectivity index (χ0n) is 16.7. The maximum atomic E-state index is 12.7. The molecular formula is C20H26N6OS. The number of thioether (sulfide) groups is 1. The molecule has 2 aromatic heterocycles. The van der Waals surface area contributed by atoms with Gasteiger partial charge in [0.15, 0.2) is 11.0 Å². The number of benzene rings is 1. The van der Waals surface area contributed by atoms with Crippen LogP contribution in [0.2, 0.25) is 0 Å². The second-order valence-corrected chi connectivity index (χ2v) is 7.89. The third-order valence-corrected chi connectivity index (χ3v) is 5.73. The molecule has 2 heterocycles. The van der Waals surface area contributed by atoms with E-state index in [2.05, 4.69) is 41.4 Å². The van der Waals surface area contributed by atoms with Crippen molar-refractivity contribution < 1.29 is 4.79 Å². The predicted molar refractivity (Wildman–Crippen MR) is 112 cm³/mol. The molecule has 1 aromatic carbocycles. The lowest BCUT2D eigenvalue weighted by molar-refractivity contribution is -0.115. The molecule has 0 aliphatic heterocycles. The molecular weight excluding hydrogens is 372 g/mol. The van der Waals surface area contributed by atoms with Gasteiger partial charge in [-0.25, -0.2) is 4.68 Å². The number of hydrogen-bond acceptors (Lipinski definition) is 5. The van der Waals surface area contributed by atoms with Gasteiger partial charge < -0.3 is 9.88 Å². The van der Waals surface area contributed by atoms with Crippen molar-refractivity contribution in [2.24, 2.45) is 0 Å². The van der Waals surface area contributed by atoms with Crippen LogP contribution in [0.15, 0.2) is 47.8 Å². The Bertz CT molecular complexity index is 920. The van der Waals surface area contributed by atoms with Crippen LogP contribution in [0.3, 0.4) is 0 Å². The SMILES string of the molecule is CC[C@H](C)n1nccc1NC(=O)[C@@H](C)Sc1nnc(-c2ccccc2)n1CC. The van der Waals surface area contributed by atoms with E-state index in [9.17, 15) is 4.79 Å². The molecule has 1 amide bonds. The molecule has 0 radical (unpaired) electrons. The second-order valence-electron chi connectivity index (χ2n) is 6.58. The molecule has 0 bridgehead atoms. The van der Waals surface area contributed by atoms with E-state index in [0.29, 0.717) is 5.82 Å². The van der Waals surface area contributed by atoms with Gasteiger partial charge in [0.25, 0.3) is 0 Å². The minimum atomic E-state index is -0.321. The van der Waals surface area contributed by atoms with Gasteiger partial charge in [0.2, 0.25) is 5.91 Å². The Labute approximate surface area is 169 Å². The minimum Gasteiger partial charge on any atom is -0.310 e. The number of nitrogens with one attached hydrogen (secondary N) is 1. The van der Waals surface area contributed by atoms with Crippen molar-refractivity contribution >= 4 is 23.5 Å². The van der Waals surface area contributed by atoms with Crippen LogP contribution in [-0.4, -0.2) is 35.7 Å². The summed E-state index contributed by atoms with van der Waals surface area (Å²) in [5.41, 5.74) is 1.01. The molecule has 7 nitrogen and oxygen atoms in total. The third kappa shape index (κ3) is 4.27. The van der Waals surface area contributed by atoms with Crippen molar-refractivity contribution in [3.05, 3.63) is 42.6 Å². The van der Waals surface area contributed by atoms with E-state index in [4.69, 9.17) is 0 Å². The van der Waals surface area contributed by atoms with E-state index >= 15 is 0 Å². The van der Waals surface area contributed by atoms with E-state index in [1.165, 1.54) is 11.8 Å². The molecule has 3 rings (SSSR count). The van der Waals surface area contributed by atoms with Gasteiger partial charge in [-0.1, -0.05) is 49.0 Å². The average Bonchev–Trinajstić information content (AvgIpc) is 3.34. The molecule has 0 fully saturated rings. The molecule has 2 atom stereocenters. The van der Waals surface area contributed by atoms with E-state index in [-0.39, 0.29) is 17.2 Å². The van der Waals surface area contributed by atoms with E-state index in [1.807, 2.05) is 52.6 Å². The van der Waals surface area contributed by atoms with Crippen LogP contribution >= 0.6 is 11.8 Å². The first-order chi connectivity index (χ1) is 13.5. The maximum absolute atomic E-state index is 12.7. The third-order valence-electron chi connectivity index (χ3n) is 4.65. The normalized spacial score (nSPS) is 13.3. The number of aromatic nitrogens is 5. The lowest BCUT2D eigenvalue weighted by Crippen LogP contribution is -2.25. The van der Waals surface area contributed by atoms with Crippen molar-refractivity contribution in [1.29, 1.82) is 0 Å². The highest BCUT2D eigenvalue weighted by Crippen LogP contribution is 2.27. The molecule has 0 unspecified atom stereocenters. The summed E-state index contributed by atoms with van der Waals surface area (Å²) in [6, 6.07) is 12.0. The molecule has 0 aliphatic rings. The highest BCUT2D eigenvalue weighted by atomic mass is 32.2. The molecule has 3 aromatic rings. The quantitative estimate of drug-likeness (QED) is 0.574. The molecule has 1 N–H and O–H groups in total. The monoisotopic (exact) mass is 398 g/mol. The first-order valence-corrected chi connectivity index (χ1v) is 10.4. The number of hydrogen-bond donors (Lipinski definition) is 1. The smallest absolute Gasteiger partial charge is 0.238 e. The van der Waals surface area contributed by atoms with Crippen molar-refractivity contribution in [2.45, 2.75) is 57.1 Å². The molecule has 0 saturated carbocycles. The Kier molecular flexibility index (Phi) is 6.51. The number of anilines is 1. The van der Waals surface area contributed by atoms with Gasteiger partial charge in [0.05, 0.1) is 17.5 Å². The standard InChI is InChI=1S/C20H26N6OS/c1-5-14(3)26-17(12-13-21-26)22-19(27)15(4)28-20-24-23-18(25(20)6-2)16-10-8-7-9-11-16/h7-15H,5-6H2,1-4H3,(H,22,27)/t14-,15+/m0/s1.